The molecule has 8 nitrogen and oxygen atoms in total. The zero-order valence-corrected chi connectivity index (χ0v) is 17.4. The molecule has 2 unspecified atom stereocenters. The number of Topliss-reactive ketones (excluding diaryl/α,β-unsaturated/α-hetero) is 1. The fourth-order valence-corrected chi connectivity index (χ4v) is 6.95. The van der Waals surface area contributed by atoms with E-state index in [0.717, 1.165) is 31.5 Å². The Kier molecular flexibility index (Phi) is 4.64. The van der Waals surface area contributed by atoms with Gasteiger partial charge in [0, 0.05) is 37.3 Å². The summed E-state index contributed by atoms with van der Waals surface area (Å²) in [4.78, 5) is 27.4. The molecule has 1 aromatic heterocycles. The van der Waals surface area contributed by atoms with Gasteiger partial charge in [-0.2, -0.15) is 8.42 Å². The molecule has 3 atom stereocenters. The summed E-state index contributed by atoms with van der Waals surface area (Å²) >= 11 is 0. The van der Waals surface area contributed by atoms with E-state index in [4.69, 9.17) is 9.29 Å². The van der Waals surface area contributed by atoms with E-state index in [9.17, 15) is 18.0 Å². The standard InChI is InChI=1S/C10H10N2O2.C10H16O4S/c13-9-7-5-11-3-1-8(7)10(14-9)2-4-12-6-10;1-9(2)7-3-4-10(9,8(11)5-7)6-15(12,13)14/h1,3,5,12H,2,4,6H2;7H,3-6H2,1-2H3,(H,12,13,14)/t10-;/m0./s1. The molecule has 2 aliphatic carbocycles. The third-order valence-corrected chi connectivity index (χ3v) is 8.36. The molecule has 0 radical (unpaired) electrons. The van der Waals surface area contributed by atoms with Crippen molar-refractivity contribution in [2.75, 3.05) is 18.8 Å². The Hall–Kier alpha value is -1.84. The first-order chi connectivity index (χ1) is 13.5. The number of rotatable bonds is 2. The number of nitrogens with zero attached hydrogens (tertiary/aromatic N) is 1. The van der Waals surface area contributed by atoms with Gasteiger partial charge in [0.25, 0.3) is 10.1 Å². The highest BCUT2D eigenvalue weighted by Gasteiger charge is 2.65. The molecular weight excluding hydrogens is 396 g/mol. The predicted octanol–water partition coefficient (Wildman–Crippen LogP) is 1.71. The summed E-state index contributed by atoms with van der Waals surface area (Å²) < 4.78 is 36.4. The maximum absolute atomic E-state index is 11.9. The SMILES string of the molecule is CC1(C)C2CCC1(CS(=O)(=O)O)C(=O)C2.O=C1O[C@]2(CCNC2)c2ccncc21. The molecule has 2 N–H and O–H groups in total. The molecule has 29 heavy (non-hydrogen) atoms. The summed E-state index contributed by atoms with van der Waals surface area (Å²) in [5.41, 5.74) is 0.0826. The van der Waals surface area contributed by atoms with Gasteiger partial charge in [0.2, 0.25) is 0 Å². The molecule has 0 amide bonds. The lowest BCUT2D eigenvalue weighted by Crippen LogP contribution is -2.42. The average molecular weight is 423 g/mol. The molecule has 158 valence electrons. The van der Waals surface area contributed by atoms with Gasteiger partial charge < -0.3 is 10.1 Å². The van der Waals surface area contributed by atoms with E-state index in [1.807, 2.05) is 19.9 Å². The van der Waals surface area contributed by atoms with Crippen LogP contribution >= 0.6 is 0 Å². The summed E-state index contributed by atoms with van der Waals surface area (Å²) in [7, 11) is -4.08. The highest BCUT2D eigenvalue weighted by atomic mass is 32.2. The van der Waals surface area contributed by atoms with Crippen molar-refractivity contribution in [3.05, 3.63) is 29.6 Å². The van der Waals surface area contributed by atoms with E-state index in [1.165, 1.54) is 0 Å². The number of hydrogen-bond acceptors (Lipinski definition) is 7. The lowest BCUT2D eigenvalue weighted by atomic mass is 9.70. The number of ketones is 1. The quantitative estimate of drug-likeness (QED) is 0.545. The highest BCUT2D eigenvalue weighted by molar-refractivity contribution is 7.85. The molecule has 9 heteroatoms. The monoisotopic (exact) mass is 422 g/mol. The molecule has 1 aromatic rings. The molecule has 1 spiro atoms. The highest BCUT2D eigenvalue weighted by Crippen LogP contribution is 2.64. The molecule has 2 bridgehead atoms. The molecule has 5 rings (SSSR count). The maximum Gasteiger partial charge on any atom is 0.341 e. The topological polar surface area (TPSA) is 123 Å². The Bertz CT molecular complexity index is 967. The van der Waals surface area contributed by atoms with Crippen LogP contribution < -0.4 is 5.32 Å². The molecular formula is C20H26N2O6S. The number of carbonyl (C=O) groups is 2. The van der Waals surface area contributed by atoms with Gasteiger partial charge >= 0.3 is 5.97 Å². The lowest BCUT2D eigenvalue weighted by Gasteiger charge is -2.35. The number of carbonyl (C=O) groups excluding carboxylic acids is 2. The average Bonchev–Trinajstić information content (AvgIpc) is 3.32. The second-order valence-corrected chi connectivity index (χ2v) is 10.6. The third kappa shape index (κ3) is 3.10. The van der Waals surface area contributed by atoms with Crippen molar-refractivity contribution in [3.8, 4) is 0 Å². The van der Waals surface area contributed by atoms with Crippen LogP contribution in [-0.4, -0.2) is 48.5 Å². The lowest BCUT2D eigenvalue weighted by molar-refractivity contribution is -0.128. The first kappa shape index (κ1) is 20.4. The third-order valence-electron chi connectivity index (χ3n) is 7.50. The van der Waals surface area contributed by atoms with Crippen LogP contribution in [0.1, 0.15) is 55.5 Å². The zero-order chi connectivity index (χ0) is 21.1. The summed E-state index contributed by atoms with van der Waals surface area (Å²) in [5.74, 6) is -0.340. The zero-order valence-electron chi connectivity index (χ0n) is 16.6. The Labute approximate surface area is 170 Å². The van der Waals surface area contributed by atoms with Gasteiger partial charge in [0.1, 0.15) is 5.78 Å². The molecule has 2 aliphatic heterocycles. The van der Waals surface area contributed by atoms with Crippen molar-refractivity contribution < 1.29 is 27.3 Å². The van der Waals surface area contributed by atoms with E-state index in [1.54, 1.807) is 12.4 Å². The van der Waals surface area contributed by atoms with Crippen LogP contribution in [0, 0.1) is 16.7 Å². The second-order valence-electron chi connectivity index (χ2n) is 9.12. The summed E-state index contributed by atoms with van der Waals surface area (Å²) in [6.07, 6.45) is 6.13. The van der Waals surface area contributed by atoms with Gasteiger partial charge in [-0.05, 0) is 36.8 Å². The number of ether oxygens (including phenoxy) is 1. The Balaban J connectivity index is 0.000000141. The largest absolute Gasteiger partial charge is 0.449 e. The van der Waals surface area contributed by atoms with E-state index < -0.39 is 26.9 Å². The number of aromatic nitrogens is 1. The van der Waals surface area contributed by atoms with Gasteiger partial charge in [-0.1, -0.05) is 13.8 Å². The first-order valence-corrected chi connectivity index (χ1v) is 11.5. The Morgan fingerprint density at radius 2 is 2.07 bits per heavy atom. The number of hydrogen-bond donors (Lipinski definition) is 2. The van der Waals surface area contributed by atoms with Crippen LogP contribution in [-0.2, 0) is 25.3 Å². The van der Waals surface area contributed by atoms with Crippen molar-refractivity contribution in [2.24, 2.45) is 16.7 Å². The molecule has 3 fully saturated rings. The normalized spacial score (nSPS) is 34.1. The van der Waals surface area contributed by atoms with Crippen LogP contribution in [0.25, 0.3) is 0 Å². The number of fused-ring (bicyclic) bond motifs is 4. The van der Waals surface area contributed by atoms with Crippen LogP contribution in [0.5, 0.6) is 0 Å². The van der Waals surface area contributed by atoms with Gasteiger partial charge in [-0.25, -0.2) is 4.79 Å². The van der Waals surface area contributed by atoms with Crippen molar-refractivity contribution in [2.45, 2.75) is 45.1 Å². The second kappa shape index (κ2) is 6.58. The fourth-order valence-electron chi connectivity index (χ4n) is 5.65. The van der Waals surface area contributed by atoms with Crippen molar-refractivity contribution in [1.82, 2.24) is 10.3 Å². The minimum Gasteiger partial charge on any atom is -0.449 e. The van der Waals surface area contributed by atoms with Crippen LogP contribution in [0.4, 0.5) is 0 Å². The van der Waals surface area contributed by atoms with E-state index >= 15 is 0 Å². The molecule has 3 heterocycles. The predicted molar refractivity (Wildman–Crippen MR) is 104 cm³/mol. The van der Waals surface area contributed by atoms with E-state index in [2.05, 4.69) is 10.3 Å². The molecule has 1 saturated heterocycles. The van der Waals surface area contributed by atoms with Gasteiger partial charge in [-0.3, -0.25) is 14.3 Å². The van der Waals surface area contributed by atoms with E-state index in [-0.39, 0.29) is 23.1 Å². The van der Waals surface area contributed by atoms with Crippen LogP contribution in [0.3, 0.4) is 0 Å². The molecule has 4 aliphatic rings. The van der Waals surface area contributed by atoms with E-state index in [0.29, 0.717) is 18.4 Å². The molecule has 0 aromatic carbocycles. The molecule has 2 saturated carbocycles. The van der Waals surface area contributed by atoms with Gasteiger partial charge in [0.05, 0.1) is 16.7 Å². The summed E-state index contributed by atoms with van der Waals surface area (Å²) in [6, 6.07) is 1.88. The summed E-state index contributed by atoms with van der Waals surface area (Å²) in [5, 5.41) is 3.22. The number of nitrogens with one attached hydrogen (secondary N) is 1. The van der Waals surface area contributed by atoms with Crippen molar-refractivity contribution in [3.63, 3.8) is 0 Å². The summed E-state index contributed by atoms with van der Waals surface area (Å²) in [6.45, 7) is 5.51. The minimum atomic E-state index is -4.08. The minimum absolute atomic E-state index is 0.0152. The maximum atomic E-state index is 11.9. The van der Waals surface area contributed by atoms with Crippen molar-refractivity contribution in [1.29, 1.82) is 0 Å². The number of esters is 1. The number of pyridine rings is 1. The smallest absolute Gasteiger partial charge is 0.341 e. The Morgan fingerprint density at radius 1 is 1.31 bits per heavy atom. The fraction of sp³-hybridized carbons (Fsp3) is 0.650. The first-order valence-electron chi connectivity index (χ1n) is 9.88. The van der Waals surface area contributed by atoms with Gasteiger partial charge in [0.15, 0.2) is 5.60 Å². The van der Waals surface area contributed by atoms with Gasteiger partial charge in [-0.15, -0.1) is 0 Å². The van der Waals surface area contributed by atoms with Crippen molar-refractivity contribution >= 4 is 21.9 Å². The van der Waals surface area contributed by atoms with Crippen LogP contribution in [0.2, 0.25) is 0 Å². The van der Waals surface area contributed by atoms with Crippen LogP contribution in [0.15, 0.2) is 18.5 Å². The Morgan fingerprint density at radius 3 is 2.62 bits per heavy atom.